The number of benzene rings is 2. The first-order chi connectivity index (χ1) is 11.9. The van der Waals surface area contributed by atoms with E-state index < -0.39 is 5.54 Å². The van der Waals surface area contributed by atoms with Crippen molar-refractivity contribution in [2.45, 2.75) is 24.8 Å². The fourth-order valence-electron chi connectivity index (χ4n) is 3.42. The first-order valence-electron chi connectivity index (χ1n) is 8.09. The molecule has 2 aromatic carbocycles. The number of nitrogens with one attached hydrogen (secondary N) is 2. The third-order valence-electron chi connectivity index (χ3n) is 4.86. The quantitative estimate of drug-likeness (QED) is 0.524. The molecule has 1 atom stereocenters. The van der Waals surface area contributed by atoms with Crippen LogP contribution in [0, 0.1) is 0 Å². The molecule has 6 heteroatoms. The second kappa shape index (κ2) is 6.27. The SMILES string of the molecule is NC1(C(=O)Nc2c[nH]c3ccc(Br)cc23)CCc2cc(Br)ccc2C1. The second-order valence-corrected chi connectivity index (χ2v) is 8.42. The average molecular weight is 463 g/mol. The Hall–Kier alpha value is -1.63. The number of fused-ring (bicyclic) bond motifs is 2. The van der Waals surface area contributed by atoms with Gasteiger partial charge in [0.05, 0.1) is 5.69 Å². The molecule has 1 unspecified atom stereocenters. The molecule has 4 nitrogen and oxygen atoms in total. The normalized spacial score (nSPS) is 19.6. The topological polar surface area (TPSA) is 70.9 Å². The zero-order valence-corrected chi connectivity index (χ0v) is 16.6. The third-order valence-corrected chi connectivity index (χ3v) is 5.85. The van der Waals surface area contributed by atoms with Crippen molar-refractivity contribution in [1.82, 2.24) is 4.98 Å². The van der Waals surface area contributed by atoms with Crippen molar-refractivity contribution in [2.75, 3.05) is 5.32 Å². The molecular formula is C19H17Br2N3O. The molecule has 3 aromatic rings. The highest BCUT2D eigenvalue weighted by atomic mass is 79.9. The number of carbonyl (C=O) groups is 1. The van der Waals surface area contributed by atoms with Gasteiger partial charge in [-0.2, -0.15) is 0 Å². The first kappa shape index (κ1) is 16.8. The summed E-state index contributed by atoms with van der Waals surface area (Å²) in [5.74, 6) is -0.137. The van der Waals surface area contributed by atoms with E-state index in [0.717, 1.165) is 37.5 Å². The summed E-state index contributed by atoms with van der Waals surface area (Å²) in [6, 6.07) is 12.1. The fraction of sp³-hybridized carbons (Fsp3) is 0.211. The van der Waals surface area contributed by atoms with Crippen molar-refractivity contribution in [3.8, 4) is 0 Å². The van der Waals surface area contributed by atoms with E-state index in [2.05, 4.69) is 54.3 Å². The number of carbonyl (C=O) groups excluding carboxylic acids is 1. The molecule has 0 saturated heterocycles. The van der Waals surface area contributed by atoms with Crippen LogP contribution in [0.2, 0.25) is 0 Å². The summed E-state index contributed by atoms with van der Waals surface area (Å²) < 4.78 is 2.03. The van der Waals surface area contributed by atoms with Crippen molar-refractivity contribution in [3.05, 3.63) is 62.7 Å². The van der Waals surface area contributed by atoms with E-state index in [1.807, 2.05) is 30.5 Å². The molecule has 1 aromatic heterocycles. The Kier molecular flexibility index (Phi) is 4.22. The summed E-state index contributed by atoms with van der Waals surface area (Å²) in [6.07, 6.45) is 3.80. The summed E-state index contributed by atoms with van der Waals surface area (Å²) in [6.45, 7) is 0. The minimum absolute atomic E-state index is 0.137. The maximum absolute atomic E-state index is 12.9. The van der Waals surface area contributed by atoms with Gasteiger partial charge in [0.25, 0.3) is 0 Å². The molecule has 0 radical (unpaired) electrons. The molecule has 0 aliphatic heterocycles. The lowest BCUT2D eigenvalue weighted by Crippen LogP contribution is -2.54. The van der Waals surface area contributed by atoms with Crippen LogP contribution < -0.4 is 11.1 Å². The molecule has 0 saturated carbocycles. The lowest BCUT2D eigenvalue weighted by atomic mass is 9.78. The van der Waals surface area contributed by atoms with Gasteiger partial charge in [0.2, 0.25) is 5.91 Å². The zero-order valence-electron chi connectivity index (χ0n) is 13.4. The number of hydrogen-bond donors (Lipinski definition) is 3. The number of aryl methyl sites for hydroxylation is 1. The van der Waals surface area contributed by atoms with Gasteiger partial charge in [-0.25, -0.2) is 0 Å². The molecule has 4 N–H and O–H groups in total. The van der Waals surface area contributed by atoms with Crippen molar-refractivity contribution >= 4 is 54.4 Å². The molecule has 4 rings (SSSR count). The van der Waals surface area contributed by atoms with E-state index in [0.29, 0.717) is 12.8 Å². The minimum atomic E-state index is -0.892. The smallest absolute Gasteiger partial charge is 0.244 e. The van der Waals surface area contributed by atoms with E-state index in [4.69, 9.17) is 5.73 Å². The van der Waals surface area contributed by atoms with E-state index in [1.54, 1.807) is 0 Å². The highest BCUT2D eigenvalue weighted by Gasteiger charge is 2.37. The predicted octanol–water partition coefficient (Wildman–Crippen LogP) is 4.52. The van der Waals surface area contributed by atoms with E-state index >= 15 is 0 Å². The maximum atomic E-state index is 12.9. The molecular weight excluding hydrogens is 446 g/mol. The van der Waals surface area contributed by atoms with Crippen molar-refractivity contribution in [2.24, 2.45) is 5.73 Å². The van der Waals surface area contributed by atoms with Crippen molar-refractivity contribution < 1.29 is 4.79 Å². The second-order valence-electron chi connectivity index (χ2n) is 6.59. The number of amides is 1. The van der Waals surface area contributed by atoms with E-state index in [9.17, 15) is 4.79 Å². The summed E-state index contributed by atoms with van der Waals surface area (Å²) in [5, 5.41) is 3.98. The third kappa shape index (κ3) is 3.14. The van der Waals surface area contributed by atoms with E-state index in [-0.39, 0.29) is 5.91 Å². The summed E-state index contributed by atoms with van der Waals surface area (Å²) >= 11 is 6.97. The predicted molar refractivity (Wildman–Crippen MR) is 108 cm³/mol. The van der Waals surface area contributed by atoms with Crippen molar-refractivity contribution in [3.63, 3.8) is 0 Å². The lowest BCUT2D eigenvalue weighted by Gasteiger charge is -2.33. The number of H-pyrrole nitrogens is 1. The van der Waals surface area contributed by atoms with Crippen LogP contribution in [0.1, 0.15) is 17.5 Å². The van der Waals surface area contributed by atoms with Gasteiger partial charge in [0.1, 0.15) is 5.54 Å². The van der Waals surface area contributed by atoms with Crippen LogP contribution in [-0.2, 0) is 17.6 Å². The Balaban J connectivity index is 1.60. The summed E-state index contributed by atoms with van der Waals surface area (Å²) in [5.41, 5.74) is 9.75. The molecule has 0 spiro atoms. The van der Waals surface area contributed by atoms with E-state index in [1.165, 1.54) is 5.56 Å². The van der Waals surface area contributed by atoms with Gasteiger partial charge in [-0.05, 0) is 60.7 Å². The van der Waals surface area contributed by atoms with Gasteiger partial charge in [-0.3, -0.25) is 4.79 Å². The Bertz CT molecular complexity index is 982. The monoisotopic (exact) mass is 461 g/mol. The van der Waals surface area contributed by atoms with Gasteiger partial charge in [-0.1, -0.05) is 37.9 Å². The minimum Gasteiger partial charge on any atom is -0.359 e. The number of hydrogen-bond acceptors (Lipinski definition) is 2. The maximum Gasteiger partial charge on any atom is 0.244 e. The average Bonchev–Trinajstić information content (AvgIpc) is 2.97. The highest BCUT2D eigenvalue weighted by molar-refractivity contribution is 9.10. The van der Waals surface area contributed by atoms with Gasteiger partial charge >= 0.3 is 0 Å². The molecule has 1 amide bonds. The molecule has 0 bridgehead atoms. The Morgan fingerprint density at radius 2 is 1.88 bits per heavy atom. The number of rotatable bonds is 2. The molecule has 25 heavy (non-hydrogen) atoms. The van der Waals surface area contributed by atoms with Gasteiger partial charge in [0.15, 0.2) is 0 Å². The van der Waals surface area contributed by atoms with Crippen LogP contribution in [-0.4, -0.2) is 16.4 Å². The summed E-state index contributed by atoms with van der Waals surface area (Å²) in [4.78, 5) is 16.1. The van der Waals surface area contributed by atoms with Crippen LogP contribution in [0.15, 0.2) is 51.5 Å². The number of nitrogens with two attached hydrogens (primary N) is 1. The molecule has 1 heterocycles. The number of anilines is 1. The van der Waals surface area contributed by atoms with Crippen LogP contribution in [0.25, 0.3) is 10.9 Å². The summed E-state index contributed by atoms with van der Waals surface area (Å²) in [7, 11) is 0. The molecule has 1 aliphatic carbocycles. The zero-order chi connectivity index (χ0) is 17.6. The molecule has 128 valence electrons. The Labute approximate surface area is 162 Å². The van der Waals surface area contributed by atoms with Gasteiger partial charge < -0.3 is 16.0 Å². The van der Waals surface area contributed by atoms with Crippen LogP contribution in [0.3, 0.4) is 0 Å². The first-order valence-corrected chi connectivity index (χ1v) is 9.67. The van der Waals surface area contributed by atoms with Gasteiger partial charge in [-0.15, -0.1) is 0 Å². The number of halogens is 2. The fourth-order valence-corrected chi connectivity index (χ4v) is 4.19. The lowest BCUT2D eigenvalue weighted by molar-refractivity contribution is -0.121. The molecule has 0 fully saturated rings. The standard InChI is InChI=1S/C19H17Br2N3O/c20-13-2-1-12-9-19(22,6-5-11(12)7-13)18(25)24-17-10-23-16-4-3-14(21)8-15(16)17/h1-4,7-8,10,23H,5-6,9,22H2,(H,24,25). The number of aromatic nitrogens is 1. The van der Waals surface area contributed by atoms with Crippen molar-refractivity contribution in [1.29, 1.82) is 0 Å². The Morgan fingerprint density at radius 1 is 1.12 bits per heavy atom. The van der Waals surface area contributed by atoms with Crippen LogP contribution in [0.4, 0.5) is 5.69 Å². The number of aromatic amines is 1. The molecule has 1 aliphatic rings. The van der Waals surface area contributed by atoms with Crippen LogP contribution in [0.5, 0.6) is 0 Å². The van der Waals surface area contributed by atoms with Gasteiger partial charge in [0, 0.05) is 26.0 Å². The Morgan fingerprint density at radius 3 is 2.72 bits per heavy atom. The van der Waals surface area contributed by atoms with Crippen LogP contribution >= 0.6 is 31.9 Å². The highest BCUT2D eigenvalue weighted by Crippen LogP contribution is 2.32. The largest absolute Gasteiger partial charge is 0.359 e.